The maximum atomic E-state index is 12.8. The van der Waals surface area contributed by atoms with Gasteiger partial charge in [0.05, 0.1) is 0 Å². The number of unbranched alkanes of at least 4 members (excludes halogenated alkanes) is 18. The third kappa shape index (κ3) is 29.5. The number of guanidine groups is 1. The lowest BCUT2D eigenvalue weighted by molar-refractivity contribution is -0.129. The fourth-order valence-corrected chi connectivity index (χ4v) is 5.01. The predicted octanol–water partition coefficient (Wildman–Crippen LogP) is 8.39. The van der Waals surface area contributed by atoms with E-state index in [9.17, 15) is 9.59 Å². The summed E-state index contributed by atoms with van der Waals surface area (Å²) in [5.41, 5.74) is 10.8. The average Bonchev–Trinajstić information content (AvgIpc) is 2.89. The summed E-state index contributed by atoms with van der Waals surface area (Å²) < 4.78 is 0. The summed E-state index contributed by atoms with van der Waals surface area (Å²) in [6.07, 6.45) is 27.7. The Morgan fingerprint density at radius 3 is 1.59 bits per heavy atom. The molecule has 0 aliphatic rings. The SMILES string of the molecule is CCCCCCCCCCCCCCCCCC(=O)C[C@@H](CCCCN=C(N)N)C(=O)NCCCCCC.Cl. The quantitative estimate of drug-likeness (QED) is 0.0474. The first kappa shape index (κ1) is 39.8. The number of nitrogens with one attached hydrogen (secondary N) is 1. The highest BCUT2D eigenvalue weighted by Crippen LogP contribution is 2.18. The Morgan fingerprint density at radius 2 is 1.10 bits per heavy atom. The van der Waals surface area contributed by atoms with E-state index >= 15 is 0 Å². The number of rotatable bonds is 29. The first-order chi connectivity index (χ1) is 18.5. The Balaban J connectivity index is 0. The van der Waals surface area contributed by atoms with Crippen LogP contribution in [-0.2, 0) is 9.59 Å². The lowest BCUT2D eigenvalue weighted by atomic mass is 9.93. The minimum absolute atomic E-state index is 0. The van der Waals surface area contributed by atoms with Gasteiger partial charge in [-0.1, -0.05) is 129 Å². The topological polar surface area (TPSA) is 111 Å². The molecule has 7 heteroatoms. The maximum Gasteiger partial charge on any atom is 0.223 e. The van der Waals surface area contributed by atoms with Gasteiger partial charge in [0, 0.05) is 31.8 Å². The molecule has 1 atom stereocenters. The predicted molar refractivity (Wildman–Crippen MR) is 172 cm³/mol. The van der Waals surface area contributed by atoms with Gasteiger partial charge >= 0.3 is 0 Å². The number of Topliss-reactive ketones (excluding diaryl/α,β-unsaturated/α-hetero) is 1. The van der Waals surface area contributed by atoms with E-state index < -0.39 is 0 Å². The molecule has 0 heterocycles. The van der Waals surface area contributed by atoms with Gasteiger partial charge in [-0.15, -0.1) is 12.4 Å². The molecule has 0 aromatic carbocycles. The first-order valence-corrected chi connectivity index (χ1v) is 16.4. The number of hydrogen-bond donors (Lipinski definition) is 3. The Kier molecular flexibility index (Phi) is 31.9. The number of halogens is 1. The number of nitrogens with two attached hydrogens (primary N) is 2. The van der Waals surface area contributed by atoms with Crippen molar-refractivity contribution in [3.8, 4) is 0 Å². The maximum absolute atomic E-state index is 12.8. The van der Waals surface area contributed by atoms with Gasteiger partial charge in [-0.3, -0.25) is 14.6 Å². The number of carbonyl (C=O) groups is 2. The van der Waals surface area contributed by atoms with Crippen LogP contribution in [0.5, 0.6) is 0 Å². The van der Waals surface area contributed by atoms with Crippen molar-refractivity contribution >= 4 is 30.1 Å². The molecule has 0 aliphatic carbocycles. The molecule has 0 bridgehead atoms. The minimum Gasteiger partial charge on any atom is -0.370 e. The molecule has 1 amide bonds. The Morgan fingerprint density at radius 1 is 0.641 bits per heavy atom. The van der Waals surface area contributed by atoms with Gasteiger partial charge < -0.3 is 16.8 Å². The summed E-state index contributed by atoms with van der Waals surface area (Å²) in [6, 6.07) is 0. The first-order valence-electron chi connectivity index (χ1n) is 16.4. The molecule has 0 saturated carbocycles. The molecule has 0 aromatic heterocycles. The van der Waals surface area contributed by atoms with Crippen molar-refractivity contribution < 1.29 is 9.59 Å². The summed E-state index contributed by atoms with van der Waals surface area (Å²) in [5, 5.41) is 3.07. The smallest absolute Gasteiger partial charge is 0.223 e. The summed E-state index contributed by atoms with van der Waals surface area (Å²) in [5.74, 6) is 0.137. The summed E-state index contributed by atoms with van der Waals surface area (Å²) in [7, 11) is 0. The van der Waals surface area contributed by atoms with Gasteiger partial charge in [-0.05, 0) is 25.7 Å². The van der Waals surface area contributed by atoms with E-state index in [1.807, 2.05) is 0 Å². The number of ketones is 1. The van der Waals surface area contributed by atoms with Gasteiger partial charge in [0.25, 0.3) is 0 Å². The van der Waals surface area contributed by atoms with Gasteiger partial charge in [0.1, 0.15) is 5.78 Å². The van der Waals surface area contributed by atoms with E-state index in [-0.39, 0.29) is 36.0 Å². The third-order valence-electron chi connectivity index (χ3n) is 7.49. The minimum atomic E-state index is -0.232. The summed E-state index contributed by atoms with van der Waals surface area (Å²) >= 11 is 0. The van der Waals surface area contributed by atoms with Crippen LogP contribution in [0.1, 0.15) is 168 Å². The van der Waals surface area contributed by atoms with Crippen LogP contribution in [-0.4, -0.2) is 30.7 Å². The molecule has 0 radical (unpaired) electrons. The largest absolute Gasteiger partial charge is 0.370 e. The van der Waals surface area contributed by atoms with Crippen LogP contribution >= 0.6 is 12.4 Å². The van der Waals surface area contributed by atoms with E-state index in [0.717, 1.165) is 38.5 Å². The molecule has 0 rings (SSSR count). The standard InChI is InChI=1S/C32H64N4O2.ClH/c1-3-5-7-9-10-11-12-13-14-15-16-17-18-19-20-25-30(37)28-29(24-21-23-27-36-32(33)34)31(38)35-26-22-8-6-4-2;/h29H,3-28H2,1-2H3,(H,35,38)(H4,33,34,36);1H/t29-;/m1./s1. The van der Waals surface area contributed by atoms with E-state index in [2.05, 4.69) is 24.2 Å². The van der Waals surface area contributed by atoms with Gasteiger partial charge in [-0.25, -0.2) is 0 Å². The molecular formula is C32H65ClN4O2. The summed E-state index contributed by atoms with van der Waals surface area (Å²) in [6.45, 7) is 5.73. The van der Waals surface area contributed by atoms with Crippen molar-refractivity contribution in [2.45, 2.75) is 168 Å². The Hall–Kier alpha value is -1.30. The van der Waals surface area contributed by atoms with Crippen molar-refractivity contribution in [2.24, 2.45) is 22.4 Å². The fraction of sp³-hybridized carbons (Fsp3) is 0.906. The number of aliphatic imine (C=N–C) groups is 1. The van der Waals surface area contributed by atoms with Crippen LogP contribution in [0.3, 0.4) is 0 Å². The van der Waals surface area contributed by atoms with E-state index in [0.29, 0.717) is 32.4 Å². The van der Waals surface area contributed by atoms with E-state index in [1.165, 1.54) is 96.3 Å². The highest BCUT2D eigenvalue weighted by molar-refractivity contribution is 5.86. The Labute approximate surface area is 248 Å². The second kappa shape index (κ2) is 31.2. The van der Waals surface area contributed by atoms with Crippen LogP contribution < -0.4 is 16.8 Å². The van der Waals surface area contributed by atoms with Gasteiger partial charge in [-0.2, -0.15) is 0 Å². The zero-order chi connectivity index (χ0) is 28.1. The molecular weight excluding hydrogens is 508 g/mol. The van der Waals surface area contributed by atoms with Crippen LogP contribution in [0.25, 0.3) is 0 Å². The second-order valence-corrected chi connectivity index (χ2v) is 11.3. The van der Waals surface area contributed by atoms with Crippen molar-refractivity contribution in [2.75, 3.05) is 13.1 Å². The van der Waals surface area contributed by atoms with Crippen molar-refractivity contribution in [3.05, 3.63) is 0 Å². The molecule has 0 fully saturated rings. The number of carbonyl (C=O) groups excluding carboxylic acids is 2. The molecule has 6 nitrogen and oxygen atoms in total. The molecule has 0 saturated heterocycles. The van der Waals surface area contributed by atoms with Crippen molar-refractivity contribution in [3.63, 3.8) is 0 Å². The van der Waals surface area contributed by atoms with Crippen molar-refractivity contribution in [1.29, 1.82) is 0 Å². The second-order valence-electron chi connectivity index (χ2n) is 11.3. The van der Waals surface area contributed by atoms with E-state index in [1.54, 1.807) is 0 Å². The lowest BCUT2D eigenvalue weighted by Gasteiger charge is -2.16. The van der Waals surface area contributed by atoms with Crippen LogP contribution in [0, 0.1) is 5.92 Å². The normalized spacial score (nSPS) is 11.5. The molecule has 39 heavy (non-hydrogen) atoms. The third-order valence-corrected chi connectivity index (χ3v) is 7.49. The highest BCUT2D eigenvalue weighted by atomic mass is 35.5. The average molecular weight is 573 g/mol. The number of nitrogens with zero attached hydrogens (tertiary/aromatic N) is 1. The molecule has 0 spiro atoms. The van der Waals surface area contributed by atoms with Crippen LogP contribution in [0.4, 0.5) is 0 Å². The van der Waals surface area contributed by atoms with Gasteiger partial charge in [0.2, 0.25) is 5.91 Å². The number of amides is 1. The Bertz CT molecular complexity index is 583. The van der Waals surface area contributed by atoms with Crippen LogP contribution in [0.2, 0.25) is 0 Å². The molecule has 5 N–H and O–H groups in total. The zero-order valence-corrected chi connectivity index (χ0v) is 26.6. The molecule has 232 valence electrons. The van der Waals surface area contributed by atoms with Crippen molar-refractivity contribution in [1.82, 2.24) is 5.32 Å². The fourth-order valence-electron chi connectivity index (χ4n) is 5.01. The highest BCUT2D eigenvalue weighted by Gasteiger charge is 2.21. The molecule has 0 aliphatic heterocycles. The summed E-state index contributed by atoms with van der Waals surface area (Å²) in [4.78, 5) is 29.4. The van der Waals surface area contributed by atoms with Gasteiger partial charge in [0.15, 0.2) is 5.96 Å². The zero-order valence-electron chi connectivity index (χ0n) is 25.8. The van der Waals surface area contributed by atoms with E-state index in [4.69, 9.17) is 11.5 Å². The van der Waals surface area contributed by atoms with Crippen LogP contribution in [0.15, 0.2) is 4.99 Å². The lowest BCUT2D eigenvalue weighted by Crippen LogP contribution is -2.33. The molecule has 0 aromatic rings. The molecule has 0 unspecified atom stereocenters. The number of hydrogen-bond acceptors (Lipinski definition) is 3. The monoisotopic (exact) mass is 572 g/mol.